The van der Waals surface area contributed by atoms with Crippen LogP contribution in [0.15, 0.2) is 67.6 Å². The minimum absolute atomic E-state index is 0.0308. The first kappa shape index (κ1) is 19.5. The Morgan fingerprint density at radius 3 is 2.79 bits per heavy atom. The third kappa shape index (κ3) is 6.32. The van der Waals surface area contributed by atoms with Gasteiger partial charge in [0, 0.05) is 49.7 Å². The van der Waals surface area contributed by atoms with Gasteiger partial charge in [-0.05, 0) is 66.9 Å². The first-order chi connectivity index (χ1) is 23.5. The summed E-state index contributed by atoms with van der Waals surface area (Å²) in [5, 5.41) is 5.90. The molecule has 0 unspecified atom stereocenters. The zero-order valence-corrected chi connectivity index (χ0v) is 22.6. The lowest BCUT2D eigenvalue weighted by Crippen LogP contribution is -2.46. The highest BCUT2D eigenvalue weighted by Crippen LogP contribution is 2.29. The number of hydrogen-bond acceptors (Lipinski definition) is 8. The Balaban J connectivity index is 1.18. The Morgan fingerprint density at radius 1 is 1.14 bits per heavy atom. The molecule has 3 aromatic heterocycles. The number of pyridine rings is 1. The number of nitrogens with one attached hydrogen (secondary N) is 3. The van der Waals surface area contributed by atoms with Crippen LogP contribution in [0.2, 0.25) is 0 Å². The number of nitrogens with zero attached hydrogens (tertiary/aromatic N) is 5. The quantitative estimate of drug-likeness (QED) is 0.273. The Bertz CT molecular complexity index is 1910. The van der Waals surface area contributed by atoms with Crippen molar-refractivity contribution in [3.05, 3.63) is 78.9 Å². The molecule has 0 bridgehead atoms. The number of fused-ring (bicyclic) bond motifs is 1. The number of amides is 2. The van der Waals surface area contributed by atoms with E-state index in [1.807, 2.05) is 6.07 Å². The molecule has 2 fully saturated rings. The van der Waals surface area contributed by atoms with E-state index in [4.69, 9.17) is 11.0 Å². The third-order valence-electron chi connectivity index (χ3n) is 6.99. The van der Waals surface area contributed by atoms with E-state index in [0.29, 0.717) is 34.9 Å². The molecular formula is C31H34N8O3. The number of ether oxygens (including phenoxy) is 1. The molecule has 1 atom stereocenters. The van der Waals surface area contributed by atoms with E-state index >= 15 is 0 Å². The number of H-pyrrole nitrogens is 1. The second-order valence-corrected chi connectivity index (χ2v) is 9.88. The number of morpholine rings is 1. The maximum Gasteiger partial charge on any atom is 0.274 e. The summed E-state index contributed by atoms with van der Waals surface area (Å²) in [4.78, 5) is 42.9. The van der Waals surface area contributed by atoms with Crippen molar-refractivity contribution >= 4 is 34.4 Å². The summed E-state index contributed by atoms with van der Waals surface area (Å²) in [5.74, 6) is -0.980. The number of aromatic nitrogens is 4. The van der Waals surface area contributed by atoms with Gasteiger partial charge in [-0.15, -0.1) is 0 Å². The Kier molecular flexibility index (Phi) is 5.80. The van der Waals surface area contributed by atoms with Gasteiger partial charge in [-0.25, -0.2) is 9.97 Å². The summed E-state index contributed by atoms with van der Waals surface area (Å²) >= 11 is 0. The van der Waals surface area contributed by atoms with Crippen molar-refractivity contribution < 1.29 is 25.3 Å². The maximum absolute atomic E-state index is 13.1. The zero-order valence-electron chi connectivity index (χ0n) is 30.6. The van der Waals surface area contributed by atoms with Crippen molar-refractivity contribution in [3.63, 3.8) is 0 Å². The van der Waals surface area contributed by atoms with E-state index < -0.39 is 32.0 Å². The lowest BCUT2D eigenvalue weighted by molar-refractivity contribution is -0.117. The largest absolute Gasteiger partial charge is 0.378 e. The van der Waals surface area contributed by atoms with E-state index in [0.717, 1.165) is 31.3 Å². The number of aromatic amines is 1. The van der Waals surface area contributed by atoms with Crippen molar-refractivity contribution in [3.8, 4) is 11.3 Å². The Hall–Kier alpha value is -4.61. The molecule has 1 aromatic carbocycles. The lowest BCUT2D eigenvalue weighted by Gasteiger charge is -2.33. The van der Waals surface area contributed by atoms with E-state index in [2.05, 4.69) is 46.8 Å². The number of anilines is 2. The number of rotatable bonds is 8. The maximum atomic E-state index is 13.1. The topological polar surface area (TPSA) is 128 Å². The van der Waals surface area contributed by atoms with Gasteiger partial charge in [0.25, 0.3) is 5.91 Å². The van der Waals surface area contributed by atoms with Crippen molar-refractivity contribution in [1.82, 2.24) is 30.2 Å². The number of benzene rings is 1. The third-order valence-corrected chi connectivity index (χ3v) is 6.99. The summed E-state index contributed by atoms with van der Waals surface area (Å²) in [6.45, 7) is -7.16. The van der Waals surface area contributed by atoms with Crippen LogP contribution in [-0.4, -0.2) is 81.9 Å². The number of piperidine rings is 1. The van der Waals surface area contributed by atoms with Gasteiger partial charge >= 0.3 is 0 Å². The van der Waals surface area contributed by atoms with Crippen molar-refractivity contribution in [2.24, 2.45) is 0 Å². The molecule has 11 nitrogen and oxygen atoms in total. The predicted octanol–water partition coefficient (Wildman–Crippen LogP) is 3.38. The second-order valence-electron chi connectivity index (χ2n) is 9.88. The molecule has 42 heavy (non-hydrogen) atoms. The van der Waals surface area contributed by atoms with Crippen molar-refractivity contribution in [2.75, 3.05) is 49.4 Å². The highest BCUT2D eigenvalue weighted by Gasteiger charge is 2.21. The molecule has 2 amide bonds. The molecule has 2 aliphatic heterocycles. The highest BCUT2D eigenvalue weighted by molar-refractivity contribution is 6.03. The first-order valence-corrected chi connectivity index (χ1v) is 13.4. The fourth-order valence-corrected chi connectivity index (χ4v) is 5.02. The van der Waals surface area contributed by atoms with Gasteiger partial charge in [0.2, 0.25) is 5.91 Å². The van der Waals surface area contributed by atoms with E-state index in [1.54, 1.807) is 36.5 Å². The van der Waals surface area contributed by atoms with Crippen LogP contribution in [0.5, 0.6) is 0 Å². The van der Waals surface area contributed by atoms with Crippen molar-refractivity contribution in [2.45, 2.75) is 25.4 Å². The summed E-state index contributed by atoms with van der Waals surface area (Å²) < 4.78 is 70.4. The molecule has 0 saturated carbocycles. The van der Waals surface area contributed by atoms with Crippen LogP contribution in [0.25, 0.3) is 22.3 Å². The van der Waals surface area contributed by atoms with Gasteiger partial charge in [-0.3, -0.25) is 19.5 Å². The van der Waals surface area contributed by atoms with Crippen LogP contribution in [-0.2, 0) is 16.1 Å². The minimum Gasteiger partial charge on any atom is -0.378 e. The number of likely N-dealkylation sites (tertiary alicyclic amines) is 1. The molecule has 2 saturated heterocycles. The fourth-order valence-electron chi connectivity index (χ4n) is 5.02. The van der Waals surface area contributed by atoms with Gasteiger partial charge in [-0.2, -0.15) is 0 Å². The van der Waals surface area contributed by atoms with Crippen LogP contribution in [0.3, 0.4) is 0 Å². The molecule has 6 rings (SSSR count). The molecule has 216 valence electrons. The van der Waals surface area contributed by atoms with Crippen molar-refractivity contribution in [1.29, 1.82) is 0 Å². The van der Waals surface area contributed by atoms with Crippen LogP contribution in [0.4, 0.5) is 11.5 Å². The molecule has 4 aromatic rings. The number of hydrogen-bond donors (Lipinski definition) is 3. The molecule has 0 radical (unpaired) electrons. The molecular weight excluding hydrogens is 532 g/mol. The van der Waals surface area contributed by atoms with Crippen LogP contribution < -0.4 is 15.5 Å². The minimum atomic E-state index is -3.24. The van der Waals surface area contributed by atoms with Gasteiger partial charge in [-0.1, -0.05) is 18.7 Å². The molecule has 3 N–H and O–H groups in total. The average Bonchev–Trinajstić information content (AvgIpc) is 3.49. The van der Waals surface area contributed by atoms with E-state index in [9.17, 15) is 9.59 Å². The number of carbonyl (C=O) groups excluding carboxylic acids is 2. The normalized spacial score (nSPS) is 25.2. The Morgan fingerprint density at radius 2 is 1.98 bits per heavy atom. The molecule has 11 heteroatoms. The second kappa shape index (κ2) is 12.5. The monoisotopic (exact) mass is 574 g/mol. The van der Waals surface area contributed by atoms with E-state index in [1.165, 1.54) is 12.1 Å². The Labute approximate surface area is 255 Å². The molecule has 0 spiro atoms. The SMILES string of the molecule is [2H]C1([2H])OC([2H])([2H])C([2H])([2H])N(c2ncnc3[nH]c(-c4ccc(NC(=O)c5cc(CN6CCC[C@H](NC(=O)C=C)C6)ccn5)cc4)cc23)C1([2H])[2H]. The smallest absolute Gasteiger partial charge is 0.274 e. The standard InChI is InChI=1S/C31H34N8O3/c1-2-28(40)35-24-4-3-11-38(19-24)18-21-9-10-32-27(16-21)31(41)36-23-7-5-22(6-8-23)26-17-25-29(37-26)33-20-34-30(25)39-12-14-42-15-13-39/h2,5-10,16-17,20,24H,1,3-4,11-15,18-19H2,(H,35,40)(H,36,41)(H,33,34,37)/t24-/m0/s1/i12D2,13D2,14D2,15D2. The van der Waals surface area contributed by atoms with Gasteiger partial charge in [0.15, 0.2) is 0 Å². The first-order valence-electron chi connectivity index (χ1n) is 17.4. The van der Waals surface area contributed by atoms with Crippen LogP contribution in [0, 0.1) is 0 Å². The molecule has 0 aliphatic carbocycles. The lowest BCUT2D eigenvalue weighted by atomic mass is 10.0. The summed E-state index contributed by atoms with van der Waals surface area (Å²) in [6.07, 6.45) is 5.71. The average molecular weight is 575 g/mol. The van der Waals surface area contributed by atoms with Gasteiger partial charge in [0.05, 0.1) is 29.5 Å². The van der Waals surface area contributed by atoms with Crippen LogP contribution in [0.1, 0.15) is 39.9 Å². The predicted molar refractivity (Wildman–Crippen MR) is 161 cm³/mol. The summed E-state index contributed by atoms with van der Waals surface area (Å²) in [6, 6.07) is 11.9. The summed E-state index contributed by atoms with van der Waals surface area (Å²) in [5.41, 5.74) is 2.89. The van der Waals surface area contributed by atoms with Gasteiger partial charge < -0.3 is 25.3 Å². The number of carbonyl (C=O) groups is 2. The zero-order chi connectivity index (χ0) is 36.1. The summed E-state index contributed by atoms with van der Waals surface area (Å²) in [7, 11) is 0. The van der Waals surface area contributed by atoms with Crippen LogP contribution >= 0.6 is 0 Å². The molecule has 2 aliphatic rings. The highest BCUT2D eigenvalue weighted by atomic mass is 16.5. The van der Waals surface area contributed by atoms with Gasteiger partial charge in [0.1, 0.15) is 23.5 Å². The fraction of sp³-hybridized carbons (Fsp3) is 0.323. The van der Waals surface area contributed by atoms with E-state index in [-0.39, 0.29) is 34.5 Å². The molecule has 5 heterocycles.